The molecule has 9 nitrogen and oxygen atoms in total. The number of piperazine rings is 1. The molecular formula is C22H27N5O4S2. The molecule has 0 atom stereocenters. The van der Waals surface area contributed by atoms with Crippen LogP contribution in [0.25, 0.3) is 6.08 Å². The number of carbonyl (C=O) groups excluding carboxylic acids is 1. The predicted octanol–water partition coefficient (Wildman–Crippen LogP) is 1.87. The van der Waals surface area contributed by atoms with Crippen LogP contribution >= 0.6 is 24.0 Å². The lowest BCUT2D eigenvalue weighted by Crippen LogP contribution is -2.47. The fourth-order valence-electron chi connectivity index (χ4n) is 3.93. The van der Waals surface area contributed by atoms with E-state index in [0.29, 0.717) is 36.6 Å². The minimum Gasteiger partial charge on any atom is -0.480 e. The van der Waals surface area contributed by atoms with E-state index in [9.17, 15) is 19.6 Å². The third-order valence-electron chi connectivity index (χ3n) is 5.83. The van der Waals surface area contributed by atoms with E-state index >= 15 is 0 Å². The highest BCUT2D eigenvalue weighted by Crippen LogP contribution is 2.36. The second-order valence-electron chi connectivity index (χ2n) is 8.11. The summed E-state index contributed by atoms with van der Waals surface area (Å²) in [5.74, 6) is -0.941. The number of nitriles is 1. The van der Waals surface area contributed by atoms with Crippen LogP contribution in [0.5, 0.6) is 0 Å². The average molecular weight is 490 g/mol. The van der Waals surface area contributed by atoms with Gasteiger partial charge in [-0.25, -0.2) is 0 Å². The lowest BCUT2D eigenvalue weighted by atomic mass is 10.0. The maximum Gasteiger partial charge on any atom is 0.323 e. The summed E-state index contributed by atoms with van der Waals surface area (Å²) in [5, 5.41) is 18.9. The molecule has 2 fully saturated rings. The average Bonchev–Trinajstić information content (AvgIpc) is 3.03. The van der Waals surface area contributed by atoms with Crippen molar-refractivity contribution in [2.24, 2.45) is 0 Å². The van der Waals surface area contributed by atoms with E-state index in [1.165, 1.54) is 0 Å². The van der Waals surface area contributed by atoms with Gasteiger partial charge in [0.15, 0.2) is 0 Å². The molecule has 0 aromatic carbocycles. The molecule has 0 saturated carbocycles. The minimum atomic E-state index is -1.15. The number of nitrogens with zero attached hydrogens (tertiary/aromatic N) is 5. The summed E-state index contributed by atoms with van der Waals surface area (Å²) in [4.78, 5) is 43.0. The van der Waals surface area contributed by atoms with Gasteiger partial charge >= 0.3 is 5.97 Å². The molecule has 3 rings (SSSR count). The van der Waals surface area contributed by atoms with Gasteiger partial charge < -0.3 is 14.9 Å². The summed E-state index contributed by atoms with van der Waals surface area (Å²) in [7, 11) is 2.04. The number of anilines is 1. The third kappa shape index (κ3) is 5.13. The van der Waals surface area contributed by atoms with Gasteiger partial charge in [0.2, 0.25) is 0 Å². The van der Waals surface area contributed by atoms with Gasteiger partial charge in [0, 0.05) is 38.3 Å². The number of thioether (sulfide) groups is 1. The Labute approximate surface area is 202 Å². The Kier molecular flexibility index (Phi) is 7.94. The molecule has 0 bridgehead atoms. The third-order valence-corrected chi connectivity index (χ3v) is 7.20. The lowest BCUT2D eigenvalue weighted by molar-refractivity contribution is -0.140. The first kappa shape index (κ1) is 25.0. The Morgan fingerprint density at radius 2 is 1.94 bits per heavy atom. The number of carboxylic acids is 1. The highest BCUT2D eigenvalue weighted by Gasteiger charge is 2.34. The van der Waals surface area contributed by atoms with E-state index in [-0.39, 0.29) is 20.3 Å². The van der Waals surface area contributed by atoms with Crippen LogP contribution in [0.3, 0.4) is 0 Å². The topological polar surface area (TPSA) is 110 Å². The van der Waals surface area contributed by atoms with Crippen LogP contribution < -0.4 is 10.5 Å². The summed E-state index contributed by atoms with van der Waals surface area (Å²) in [6, 6.07) is 2.04. The molecular weight excluding hydrogens is 462 g/mol. The van der Waals surface area contributed by atoms with Crippen molar-refractivity contribution in [3.8, 4) is 6.07 Å². The quantitative estimate of drug-likeness (QED) is 0.453. The molecule has 2 saturated heterocycles. The first-order chi connectivity index (χ1) is 15.7. The van der Waals surface area contributed by atoms with E-state index in [2.05, 4.69) is 9.80 Å². The molecule has 33 heavy (non-hydrogen) atoms. The number of unbranched alkanes of at least 4 members (excludes halogenated alkanes) is 1. The molecule has 0 radical (unpaired) electrons. The van der Waals surface area contributed by atoms with Crippen molar-refractivity contribution in [2.75, 3.05) is 44.7 Å². The Hall–Kier alpha value is -2.68. The summed E-state index contributed by atoms with van der Waals surface area (Å²) in [6.45, 7) is 6.76. The smallest absolute Gasteiger partial charge is 0.323 e. The molecule has 176 valence electrons. The van der Waals surface area contributed by atoms with Crippen molar-refractivity contribution in [3.05, 3.63) is 31.9 Å². The number of carboxylic acid groups (broad SMARTS) is 1. The number of carbonyl (C=O) groups is 2. The first-order valence-corrected chi connectivity index (χ1v) is 12.0. The minimum absolute atomic E-state index is 0.0521. The maximum atomic E-state index is 13.2. The molecule has 1 aromatic heterocycles. The maximum absolute atomic E-state index is 13.2. The Balaban J connectivity index is 2.21. The molecule has 2 aliphatic rings. The fraction of sp³-hybridized carbons (Fsp3) is 0.500. The fourth-order valence-corrected chi connectivity index (χ4v) is 5.17. The van der Waals surface area contributed by atoms with Gasteiger partial charge in [0.05, 0.1) is 4.91 Å². The van der Waals surface area contributed by atoms with Crippen molar-refractivity contribution in [1.82, 2.24) is 14.4 Å². The highest BCUT2D eigenvalue weighted by atomic mass is 32.2. The number of aliphatic carboxylic acids is 1. The predicted molar refractivity (Wildman–Crippen MR) is 132 cm³/mol. The van der Waals surface area contributed by atoms with Crippen LogP contribution in [0.1, 0.15) is 36.5 Å². The van der Waals surface area contributed by atoms with Gasteiger partial charge in [-0.2, -0.15) is 5.26 Å². The first-order valence-electron chi connectivity index (χ1n) is 10.8. The van der Waals surface area contributed by atoms with Gasteiger partial charge in [0.1, 0.15) is 28.3 Å². The van der Waals surface area contributed by atoms with E-state index in [1.807, 2.05) is 20.0 Å². The highest BCUT2D eigenvalue weighted by molar-refractivity contribution is 8.26. The van der Waals surface area contributed by atoms with E-state index in [0.717, 1.165) is 42.6 Å². The molecule has 0 spiro atoms. The molecule has 3 heterocycles. The van der Waals surface area contributed by atoms with Gasteiger partial charge in [-0.15, -0.1) is 0 Å². The number of likely N-dealkylation sites (N-methyl/N-ethyl adjacent to an activating group) is 1. The van der Waals surface area contributed by atoms with Crippen LogP contribution in [0.2, 0.25) is 0 Å². The Bertz CT molecular complexity index is 1110. The zero-order valence-corrected chi connectivity index (χ0v) is 20.6. The number of thiocarbonyl (C=S) groups is 1. The molecule has 11 heteroatoms. The molecule has 1 aromatic rings. The summed E-state index contributed by atoms with van der Waals surface area (Å²) < 4.78 is 1.83. The summed E-state index contributed by atoms with van der Waals surface area (Å²) in [6.07, 6.45) is 3.31. The molecule has 0 aliphatic carbocycles. The van der Waals surface area contributed by atoms with Crippen LogP contribution in [-0.2, 0) is 16.1 Å². The van der Waals surface area contributed by atoms with E-state index in [1.54, 1.807) is 17.6 Å². The van der Waals surface area contributed by atoms with Crippen molar-refractivity contribution in [2.45, 2.75) is 33.2 Å². The van der Waals surface area contributed by atoms with Gasteiger partial charge in [-0.3, -0.25) is 23.9 Å². The zero-order chi connectivity index (χ0) is 24.3. The second-order valence-corrected chi connectivity index (χ2v) is 9.79. The lowest BCUT2D eigenvalue weighted by Gasteiger charge is -2.36. The monoisotopic (exact) mass is 489 g/mol. The Morgan fingerprint density at radius 1 is 1.27 bits per heavy atom. The molecule has 0 unspecified atom stereocenters. The normalized spacial score (nSPS) is 18.3. The second kappa shape index (κ2) is 10.5. The molecule has 2 aliphatic heterocycles. The van der Waals surface area contributed by atoms with Gasteiger partial charge in [-0.1, -0.05) is 37.3 Å². The van der Waals surface area contributed by atoms with E-state index in [4.69, 9.17) is 17.3 Å². The number of amides is 1. The molecule has 1 N–H and O–H groups in total. The number of hydrogen-bond donors (Lipinski definition) is 1. The molecule has 1 amide bonds. The number of hydrogen-bond acceptors (Lipinski definition) is 8. The van der Waals surface area contributed by atoms with Crippen LogP contribution in [0.4, 0.5) is 5.82 Å². The Morgan fingerprint density at radius 3 is 2.52 bits per heavy atom. The van der Waals surface area contributed by atoms with Gasteiger partial charge in [-0.05, 0) is 32.0 Å². The van der Waals surface area contributed by atoms with E-state index < -0.39 is 18.4 Å². The number of rotatable bonds is 7. The van der Waals surface area contributed by atoms with Crippen LogP contribution in [0.15, 0.2) is 9.70 Å². The number of aromatic nitrogens is 1. The SMILES string of the molecule is CCCCn1c(N2CCN(C)CC2)c(/C=C2\SC(=S)N(CC(=O)O)C2=O)c(C)c(C#N)c1=O. The zero-order valence-electron chi connectivity index (χ0n) is 19.0. The standard InChI is InChI=1S/C22H27N5O4S2/c1-4-5-6-26-19(25-9-7-24(3)8-10-25)15(14(2)16(12-23)20(26)30)11-17-21(31)27(13-18(28)29)22(32)33-17/h11H,4-10,13H2,1-3H3,(H,28,29)/b17-11-. The van der Waals surface area contributed by atoms with Crippen molar-refractivity contribution in [1.29, 1.82) is 5.26 Å². The summed E-state index contributed by atoms with van der Waals surface area (Å²) >= 11 is 6.26. The van der Waals surface area contributed by atoms with Gasteiger partial charge in [0.25, 0.3) is 11.5 Å². The van der Waals surface area contributed by atoms with Crippen molar-refractivity contribution >= 4 is 52.1 Å². The van der Waals surface area contributed by atoms with Crippen LogP contribution in [0, 0.1) is 18.3 Å². The number of pyridine rings is 1. The summed E-state index contributed by atoms with van der Waals surface area (Å²) in [5.41, 5.74) is 0.861. The van der Waals surface area contributed by atoms with Crippen LogP contribution in [-0.4, -0.2) is 75.4 Å². The largest absolute Gasteiger partial charge is 0.480 e. The van der Waals surface area contributed by atoms with Crippen molar-refractivity contribution < 1.29 is 14.7 Å². The van der Waals surface area contributed by atoms with Crippen molar-refractivity contribution in [3.63, 3.8) is 0 Å².